The quantitative estimate of drug-likeness (QED) is 0.390. The van der Waals surface area contributed by atoms with Crippen LogP contribution in [0.4, 0.5) is 0 Å². The van der Waals surface area contributed by atoms with Gasteiger partial charge in [0.05, 0.1) is 6.42 Å². The van der Waals surface area contributed by atoms with Gasteiger partial charge in [0.15, 0.2) is 0 Å². The second-order valence-corrected chi connectivity index (χ2v) is 5.68. The summed E-state index contributed by atoms with van der Waals surface area (Å²) in [5.41, 5.74) is 3.69. The van der Waals surface area contributed by atoms with Crippen LogP contribution >= 0.6 is 0 Å². The van der Waals surface area contributed by atoms with Crippen molar-refractivity contribution in [3.05, 3.63) is 35.9 Å². The van der Waals surface area contributed by atoms with E-state index >= 15 is 0 Å². The fourth-order valence-electron chi connectivity index (χ4n) is 1.85. The van der Waals surface area contributed by atoms with Gasteiger partial charge >= 0.3 is 11.8 Å². The average molecular weight is 332 g/mol. The molecule has 0 fully saturated rings. The highest BCUT2D eigenvalue weighted by atomic mass is 16.2. The van der Waals surface area contributed by atoms with Crippen molar-refractivity contribution < 1.29 is 14.4 Å². The van der Waals surface area contributed by atoms with Crippen molar-refractivity contribution in [3.8, 4) is 0 Å². The minimum absolute atomic E-state index is 0.0564. The lowest BCUT2D eigenvalue weighted by molar-refractivity contribution is -0.139. The fraction of sp³-hybridized carbons (Fsp3) is 0.412. The van der Waals surface area contributed by atoms with E-state index in [2.05, 4.69) is 21.2 Å². The average Bonchev–Trinajstić information content (AvgIpc) is 2.52. The van der Waals surface area contributed by atoms with Gasteiger partial charge in [0, 0.05) is 18.3 Å². The molecule has 7 heteroatoms. The number of benzene rings is 1. The lowest BCUT2D eigenvalue weighted by Gasteiger charge is -2.07. The fourth-order valence-corrected chi connectivity index (χ4v) is 1.85. The highest BCUT2D eigenvalue weighted by molar-refractivity contribution is 6.35. The number of rotatable bonds is 7. The number of hydrogen-bond donors (Lipinski definition) is 3. The Labute approximate surface area is 141 Å². The van der Waals surface area contributed by atoms with E-state index in [0.717, 1.165) is 12.0 Å². The van der Waals surface area contributed by atoms with E-state index in [1.807, 2.05) is 30.3 Å². The van der Waals surface area contributed by atoms with Gasteiger partial charge in [-0.1, -0.05) is 30.3 Å². The van der Waals surface area contributed by atoms with Gasteiger partial charge in [0.2, 0.25) is 5.91 Å². The molecule has 130 valence electrons. The van der Waals surface area contributed by atoms with Crippen LogP contribution < -0.4 is 16.1 Å². The molecule has 0 spiro atoms. The Balaban J connectivity index is 2.30. The van der Waals surface area contributed by atoms with Crippen molar-refractivity contribution in [2.75, 3.05) is 6.54 Å². The molecule has 3 amide bonds. The summed E-state index contributed by atoms with van der Waals surface area (Å²) in [5.74, 6) is -1.80. The first-order chi connectivity index (χ1) is 11.4. The molecule has 0 radical (unpaired) electrons. The highest BCUT2D eigenvalue weighted by Gasteiger charge is 2.13. The summed E-state index contributed by atoms with van der Waals surface area (Å²) in [4.78, 5) is 34.6. The van der Waals surface area contributed by atoms with Gasteiger partial charge in [-0.05, 0) is 32.8 Å². The largest absolute Gasteiger partial charge is 0.355 e. The molecular formula is C17H24N4O3. The van der Waals surface area contributed by atoms with Crippen molar-refractivity contribution in [2.45, 2.75) is 39.7 Å². The summed E-state index contributed by atoms with van der Waals surface area (Å²) in [7, 11) is 0. The van der Waals surface area contributed by atoms with Crippen molar-refractivity contribution in [2.24, 2.45) is 5.10 Å². The predicted molar refractivity (Wildman–Crippen MR) is 92.3 cm³/mol. The van der Waals surface area contributed by atoms with Crippen LogP contribution in [0.3, 0.4) is 0 Å². The lowest BCUT2D eigenvalue weighted by atomic mass is 10.1. The Morgan fingerprint density at radius 3 is 2.38 bits per heavy atom. The van der Waals surface area contributed by atoms with E-state index in [4.69, 9.17) is 0 Å². The van der Waals surface area contributed by atoms with Gasteiger partial charge in [0.1, 0.15) is 0 Å². The third-order valence-corrected chi connectivity index (χ3v) is 2.97. The van der Waals surface area contributed by atoms with Gasteiger partial charge in [-0.2, -0.15) is 5.10 Å². The summed E-state index contributed by atoms with van der Waals surface area (Å²) in [5, 5.41) is 8.99. The van der Waals surface area contributed by atoms with Gasteiger partial charge < -0.3 is 10.6 Å². The van der Waals surface area contributed by atoms with Crippen LogP contribution in [0, 0.1) is 0 Å². The molecule has 24 heavy (non-hydrogen) atoms. The number of carbonyl (C=O) groups is 3. The maximum absolute atomic E-state index is 11.8. The first kappa shape index (κ1) is 19.3. The number of nitrogens with one attached hydrogen (secondary N) is 3. The Hall–Kier alpha value is -2.70. The van der Waals surface area contributed by atoms with E-state index in [0.29, 0.717) is 12.3 Å². The van der Waals surface area contributed by atoms with Crippen LogP contribution in [0.1, 0.15) is 32.8 Å². The van der Waals surface area contributed by atoms with Crippen LogP contribution in [0.5, 0.6) is 0 Å². The molecule has 1 rings (SSSR count). The van der Waals surface area contributed by atoms with Crippen molar-refractivity contribution >= 4 is 23.4 Å². The number of hydrazone groups is 1. The number of hydrogen-bond acceptors (Lipinski definition) is 4. The molecule has 0 aliphatic rings. The van der Waals surface area contributed by atoms with E-state index in [1.54, 1.807) is 20.8 Å². The first-order valence-corrected chi connectivity index (χ1v) is 7.83. The molecule has 1 aromatic carbocycles. The molecule has 0 unspecified atom stereocenters. The molecule has 0 bridgehead atoms. The van der Waals surface area contributed by atoms with Gasteiger partial charge in [-0.15, -0.1) is 0 Å². The van der Waals surface area contributed by atoms with Crippen LogP contribution in [-0.4, -0.2) is 36.0 Å². The van der Waals surface area contributed by atoms with E-state index in [-0.39, 0.29) is 18.4 Å². The van der Waals surface area contributed by atoms with Crippen molar-refractivity contribution in [1.82, 2.24) is 16.1 Å². The van der Waals surface area contributed by atoms with Gasteiger partial charge in [-0.3, -0.25) is 14.4 Å². The smallest absolute Gasteiger partial charge is 0.329 e. The summed E-state index contributed by atoms with van der Waals surface area (Å²) in [6.07, 6.45) is 0.801. The molecule has 0 aromatic heterocycles. The van der Waals surface area contributed by atoms with Crippen LogP contribution in [0.15, 0.2) is 35.4 Å². The van der Waals surface area contributed by atoms with Crippen LogP contribution in [0.2, 0.25) is 0 Å². The van der Waals surface area contributed by atoms with Gasteiger partial charge in [-0.25, -0.2) is 5.43 Å². The molecule has 0 aliphatic carbocycles. The Kier molecular flexibility index (Phi) is 8.18. The van der Waals surface area contributed by atoms with E-state index in [9.17, 15) is 14.4 Å². The maximum atomic E-state index is 11.8. The zero-order valence-electron chi connectivity index (χ0n) is 14.3. The maximum Gasteiger partial charge on any atom is 0.329 e. The third-order valence-electron chi connectivity index (χ3n) is 2.97. The first-order valence-electron chi connectivity index (χ1n) is 7.83. The second kappa shape index (κ2) is 10.1. The summed E-state index contributed by atoms with van der Waals surface area (Å²) in [6, 6.07) is 9.70. The van der Waals surface area contributed by atoms with E-state index in [1.165, 1.54) is 0 Å². The monoisotopic (exact) mass is 332 g/mol. The second-order valence-electron chi connectivity index (χ2n) is 5.68. The Morgan fingerprint density at radius 1 is 1.08 bits per heavy atom. The molecule has 7 nitrogen and oxygen atoms in total. The Morgan fingerprint density at radius 2 is 1.75 bits per heavy atom. The van der Waals surface area contributed by atoms with Gasteiger partial charge in [0.25, 0.3) is 0 Å². The number of carbonyl (C=O) groups excluding carboxylic acids is 3. The van der Waals surface area contributed by atoms with Crippen molar-refractivity contribution in [3.63, 3.8) is 0 Å². The number of amides is 3. The molecule has 0 saturated carbocycles. The molecule has 0 heterocycles. The standard InChI is InChI=1S/C17H24N4O3/c1-12(2)19-16(23)17(24)21-20-13(3)11-15(22)18-10-9-14-7-5-4-6-8-14/h4-8,12H,9-11H2,1-3H3,(H,18,22)(H,19,23)(H,21,24)/b20-13+. The minimum atomic E-state index is -0.854. The van der Waals surface area contributed by atoms with E-state index < -0.39 is 11.8 Å². The molecule has 0 atom stereocenters. The molecule has 1 aromatic rings. The normalized spacial score (nSPS) is 11.1. The zero-order valence-corrected chi connectivity index (χ0v) is 14.3. The number of nitrogens with zero attached hydrogens (tertiary/aromatic N) is 1. The van der Waals surface area contributed by atoms with Crippen LogP contribution in [-0.2, 0) is 20.8 Å². The molecular weight excluding hydrogens is 308 g/mol. The minimum Gasteiger partial charge on any atom is -0.355 e. The van der Waals surface area contributed by atoms with Crippen LogP contribution in [0.25, 0.3) is 0 Å². The molecule has 3 N–H and O–H groups in total. The topological polar surface area (TPSA) is 99.7 Å². The summed E-state index contributed by atoms with van der Waals surface area (Å²) in [6.45, 7) is 5.63. The molecule has 0 aliphatic heterocycles. The summed E-state index contributed by atoms with van der Waals surface area (Å²) < 4.78 is 0. The zero-order chi connectivity index (χ0) is 17.9. The summed E-state index contributed by atoms with van der Waals surface area (Å²) >= 11 is 0. The van der Waals surface area contributed by atoms with Crippen molar-refractivity contribution in [1.29, 1.82) is 0 Å². The Bertz CT molecular complexity index is 597. The SMILES string of the molecule is C/C(CC(=O)NCCc1ccccc1)=N\NC(=O)C(=O)NC(C)C. The molecule has 0 saturated heterocycles. The highest BCUT2D eigenvalue weighted by Crippen LogP contribution is 1.98. The lowest BCUT2D eigenvalue weighted by Crippen LogP contribution is -2.41. The third kappa shape index (κ3) is 8.07. The predicted octanol–water partition coefficient (Wildman–Crippen LogP) is 0.752.